The van der Waals surface area contributed by atoms with E-state index in [2.05, 4.69) is 4.90 Å². The summed E-state index contributed by atoms with van der Waals surface area (Å²) in [7, 11) is 0. The van der Waals surface area contributed by atoms with E-state index in [0.29, 0.717) is 0 Å². The van der Waals surface area contributed by atoms with Gasteiger partial charge in [-0.25, -0.2) is 4.39 Å². The number of benzene rings is 1. The van der Waals surface area contributed by atoms with E-state index < -0.39 is 0 Å². The minimum atomic E-state index is -0.234. The molecule has 0 radical (unpaired) electrons. The highest BCUT2D eigenvalue weighted by molar-refractivity contribution is 5.22. The summed E-state index contributed by atoms with van der Waals surface area (Å²) in [5.74, 6) is -0.234. The lowest BCUT2D eigenvalue weighted by atomic mass is 9.98. The van der Waals surface area contributed by atoms with E-state index in [1.807, 2.05) is 6.92 Å². The molecule has 0 bridgehead atoms. The highest BCUT2D eigenvalue weighted by Crippen LogP contribution is 2.31. The number of likely N-dealkylation sites (tertiary alicyclic amines) is 1. The van der Waals surface area contributed by atoms with E-state index in [4.69, 9.17) is 5.73 Å². The van der Waals surface area contributed by atoms with Crippen molar-refractivity contribution in [2.75, 3.05) is 13.2 Å². The van der Waals surface area contributed by atoms with Gasteiger partial charge in [0.2, 0.25) is 0 Å². The first-order chi connectivity index (χ1) is 8.63. The Morgan fingerprint density at radius 2 is 2.11 bits per heavy atom. The Morgan fingerprint density at radius 1 is 1.44 bits per heavy atom. The first kappa shape index (κ1) is 13.5. The summed E-state index contributed by atoms with van der Waals surface area (Å²) in [6, 6.07) is 6.68. The quantitative estimate of drug-likeness (QED) is 0.857. The maximum absolute atomic E-state index is 13.0. The fourth-order valence-corrected chi connectivity index (χ4v) is 2.88. The predicted molar refractivity (Wildman–Crippen MR) is 69.6 cm³/mol. The van der Waals surface area contributed by atoms with E-state index in [1.54, 1.807) is 12.1 Å². The summed E-state index contributed by atoms with van der Waals surface area (Å²) in [6.45, 7) is 3.06. The zero-order chi connectivity index (χ0) is 13.1. The lowest BCUT2D eigenvalue weighted by molar-refractivity contribution is 0.108. The minimum Gasteiger partial charge on any atom is -0.395 e. The number of nitrogens with zero attached hydrogens (tertiary/aromatic N) is 1. The Labute approximate surface area is 107 Å². The minimum absolute atomic E-state index is 0.0465. The van der Waals surface area contributed by atoms with Gasteiger partial charge in [-0.2, -0.15) is 0 Å². The number of rotatable bonds is 4. The standard InChI is InChI=1S/C14H21FN2O/c1-10(16)14(11-4-6-12(15)7-5-11)17-8-2-3-13(17)9-18/h4-7,10,13-14,18H,2-3,8-9,16H2,1H3. The average molecular weight is 252 g/mol. The largest absolute Gasteiger partial charge is 0.395 e. The number of hydrogen-bond acceptors (Lipinski definition) is 3. The van der Waals surface area contributed by atoms with E-state index in [1.165, 1.54) is 12.1 Å². The molecule has 1 aliphatic heterocycles. The van der Waals surface area contributed by atoms with Crippen LogP contribution in [0.3, 0.4) is 0 Å². The van der Waals surface area contributed by atoms with Gasteiger partial charge in [-0.1, -0.05) is 12.1 Å². The maximum Gasteiger partial charge on any atom is 0.123 e. The number of halogens is 1. The van der Waals surface area contributed by atoms with Crippen molar-refractivity contribution >= 4 is 0 Å². The molecule has 3 unspecified atom stereocenters. The summed E-state index contributed by atoms with van der Waals surface area (Å²) >= 11 is 0. The molecule has 3 N–H and O–H groups in total. The molecule has 3 atom stereocenters. The molecule has 1 heterocycles. The molecular formula is C14H21FN2O. The van der Waals surface area contributed by atoms with Crippen molar-refractivity contribution in [1.29, 1.82) is 0 Å². The number of aliphatic hydroxyl groups excluding tert-OH is 1. The molecular weight excluding hydrogens is 231 g/mol. The SMILES string of the molecule is CC(N)C(c1ccc(F)cc1)N1CCCC1CO. The lowest BCUT2D eigenvalue weighted by Gasteiger charge is -2.35. The first-order valence-electron chi connectivity index (χ1n) is 6.51. The Hall–Kier alpha value is -0.970. The van der Waals surface area contributed by atoms with Crippen molar-refractivity contribution in [3.05, 3.63) is 35.6 Å². The van der Waals surface area contributed by atoms with E-state index >= 15 is 0 Å². The van der Waals surface area contributed by atoms with Crippen LogP contribution in [0.4, 0.5) is 4.39 Å². The molecule has 3 nitrogen and oxygen atoms in total. The van der Waals surface area contributed by atoms with Gasteiger partial charge in [-0.05, 0) is 44.0 Å². The Kier molecular flexibility index (Phi) is 4.32. The topological polar surface area (TPSA) is 49.5 Å². The molecule has 0 saturated carbocycles. The van der Waals surface area contributed by atoms with Gasteiger partial charge in [0.15, 0.2) is 0 Å². The summed E-state index contributed by atoms with van der Waals surface area (Å²) in [6.07, 6.45) is 2.08. The summed E-state index contributed by atoms with van der Waals surface area (Å²) < 4.78 is 13.0. The number of hydrogen-bond donors (Lipinski definition) is 2. The van der Waals surface area contributed by atoms with Crippen LogP contribution in [-0.4, -0.2) is 35.2 Å². The fourth-order valence-electron chi connectivity index (χ4n) is 2.88. The second kappa shape index (κ2) is 5.78. The fraction of sp³-hybridized carbons (Fsp3) is 0.571. The van der Waals surface area contributed by atoms with Crippen molar-refractivity contribution in [1.82, 2.24) is 4.90 Å². The van der Waals surface area contributed by atoms with Crippen LogP contribution in [0.15, 0.2) is 24.3 Å². The molecule has 100 valence electrons. The van der Waals surface area contributed by atoms with Crippen molar-refractivity contribution in [2.45, 2.75) is 37.9 Å². The molecule has 4 heteroatoms. The molecule has 1 aromatic rings. The van der Waals surface area contributed by atoms with Crippen LogP contribution >= 0.6 is 0 Å². The van der Waals surface area contributed by atoms with Crippen molar-refractivity contribution < 1.29 is 9.50 Å². The first-order valence-corrected chi connectivity index (χ1v) is 6.51. The van der Waals surface area contributed by atoms with Gasteiger partial charge in [0.25, 0.3) is 0 Å². The average Bonchev–Trinajstić information content (AvgIpc) is 2.79. The third-order valence-corrected chi connectivity index (χ3v) is 3.70. The molecule has 0 aromatic heterocycles. The molecule has 1 aliphatic rings. The van der Waals surface area contributed by atoms with Crippen molar-refractivity contribution in [2.24, 2.45) is 5.73 Å². The Bertz CT molecular complexity index is 380. The lowest BCUT2D eigenvalue weighted by Crippen LogP contribution is -2.43. The van der Waals surface area contributed by atoms with Crippen LogP contribution < -0.4 is 5.73 Å². The molecule has 0 aliphatic carbocycles. The summed E-state index contributed by atoms with van der Waals surface area (Å²) in [4.78, 5) is 2.25. The molecule has 2 rings (SSSR count). The van der Waals surface area contributed by atoms with Crippen LogP contribution in [0.5, 0.6) is 0 Å². The van der Waals surface area contributed by atoms with Gasteiger partial charge in [-0.15, -0.1) is 0 Å². The zero-order valence-electron chi connectivity index (χ0n) is 10.7. The van der Waals surface area contributed by atoms with Crippen LogP contribution in [0.25, 0.3) is 0 Å². The van der Waals surface area contributed by atoms with Crippen LogP contribution in [0.2, 0.25) is 0 Å². The van der Waals surface area contributed by atoms with Crippen LogP contribution in [-0.2, 0) is 0 Å². The predicted octanol–water partition coefficient (Wildman–Crippen LogP) is 1.67. The van der Waals surface area contributed by atoms with E-state index in [-0.39, 0.29) is 30.5 Å². The molecule has 0 amide bonds. The van der Waals surface area contributed by atoms with Crippen LogP contribution in [0, 0.1) is 5.82 Å². The molecule has 1 fully saturated rings. The Balaban J connectivity index is 2.25. The normalized spacial score (nSPS) is 24.1. The second-order valence-electron chi connectivity index (χ2n) is 5.07. The van der Waals surface area contributed by atoms with E-state index in [9.17, 15) is 9.50 Å². The van der Waals surface area contributed by atoms with Gasteiger partial charge in [-0.3, -0.25) is 4.90 Å². The van der Waals surface area contributed by atoms with Crippen molar-refractivity contribution in [3.63, 3.8) is 0 Å². The molecule has 0 spiro atoms. The summed E-state index contributed by atoms with van der Waals surface area (Å²) in [5.41, 5.74) is 7.11. The smallest absolute Gasteiger partial charge is 0.123 e. The highest BCUT2D eigenvalue weighted by atomic mass is 19.1. The van der Waals surface area contributed by atoms with Gasteiger partial charge in [0.05, 0.1) is 6.61 Å². The Morgan fingerprint density at radius 3 is 2.67 bits per heavy atom. The molecule has 1 saturated heterocycles. The monoisotopic (exact) mass is 252 g/mol. The van der Waals surface area contributed by atoms with Gasteiger partial charge in [0.1, 0.15) is 5.82 Å². The van der Waals surface area contributed by atoms with Gasteiger partial charge in [0, 0.05) is 18.1 Å². The highest BCUT2D eigenvalue weighted by Gasteiger charge is 2.33. The van der Waals surface area contributed by atoms with Gasteiger partial charge >= 0.3 is 0 Å². The van der Waals surface area contributed by atoms with Crippen molar-refractivity contribution in [3.8, 4) is 0 Å². The second-order valence-corrected chi connectivity index (χ2v) is 5.07. The molecule has 1 aromatic carbocycles. The third kappa shape index (κ3) is 2.71. The van der Waals surface area contributed by atoms with Gasteiger partial charge < -0.3 is 10.8 Å². The number of nitrogens with two attached hydrogens (primary N) is 1. The van der Waals surface area contributed by atoms with Crippen LogP contribution in [0.1, 0.15) is 31.4 Å². The zero-order valence-corrected chi connectivity index (χ0v) is 10.7. The maximum atomic E-state index is 13.0. The summed E-state index contributed by atoms with van der Waals surface area (Å²) in [5, 5.41) is 9.42. The third-order valence-electron chi connectivity index (χ3n) is 3.70. The van der Waals surface area contributed by atoms with E-state index in [0.717, 1.165) is 24.9 Å². The molecule has 18 heavy (non-hydrogen) atoms. The number of aliphatic hydroxyl groups is 1.